The lowest BCUT2D eigenvalue weighted by Crippen LogP contribution is -2.02. The molecule has 0 aliphatic rings. The maximum absolute atomic E-state index is 12.9. The van der Waals surface area contributed by atoms with Crippen molar-refractivity contribution in [2.24, 2.45) is 0 Å². The average Bonchev–Trinajstić information content (AvgIpc) is 2.69. The van der Waals surface area contributed by atoms with Crippen LogP contribution in [0.2, 0.25) is 0 Å². The smallest absolute Gasteiger partial charge is 0.123 e. The van der Waals surface area contributed by atoms with Gasteiger partial charge in [-0.1, -0.05) is 6.07 Å². The topological polar surface area (TPSA) is 20.2 Å². The van der Waals surface area contributed by atoms with Crippen LogP contribution in [0.5, 0.6) is 0 Å². The van der Waals surface area contributed by atoms with E-state index in [1.165, 1.54) is 12.1 Å². The summed E-state index contributed by atoms with van der Waals surface area (Å²) in [7, 11) is 0. The van der Waals surface area contributed by atoms with Crippen molar-refractivity contribution >= 4 is 33.9 Å². The second-order valence-corrected chi connectivity index (χ2v) is 6.78. The first-order valence-corrected chi connectivity index (χ1v) is 7.19. The summed E-state index contributed by atoms with van der Waals surface area (Å²) >= 11 is 3.85. The molecule has 17 heavy (non-hydrogen) atoms. The highest BCUT2D eigenvalue weighted by Crippen LogP contribution is 2.25. The fourth-order valence-corrected chi connectivity index (χ4v) is 3.13. The second kappa shape index (κ2) is 5.46. The summed E-state index contributed by atoms with van der Waals surface area (Å²) in [5, 5.41) is 12.1. The first-order chi connectivity index (χ1) is 8.06. The highest BCUT2D eigenvalue weighted by atomic mass is 127. The summed E-state index contributed by atoms with van der Waals surface area (Å²) in [6.45, 7) is 1.86. The molecule has 2 rings (SSSR count). The Bertz CT molecular complexity index is 524. The number of rotatable bonds is 3. The summed E-state index contributed by atoms with van der Waals surface area (Å²) in [6.07, 6.45) is 0.0118. The Hall–Kier alpha value is -0.460. The molecule has 90 valence electrons. The molecule has 2 aromatic rings. The van der Waals surface area contributed by atoms with Gasteiger partial charge in [0, 0.05) is 6.42 Å². The van der Waals surface area contributed by atoms with Crippen molar-refractivity contribution in [2.45, 2.75) is 19.4 Å². The normalized spacial score (nSPS) is 12.7. The molecule has 1 atom stereocenters. The fourth-order valence-electron chi connectivity index (χ4n) is 1.71. The number of aliphatic hydroxyl groups excluding tert-OH is 1. The average molecular weight is 362 g/mol. The lowest BCUT2D eigenvalue weighted by molar-refractivity contribution is 0.178. The van der Waals surface area contributed by atoms with Gasteiger partial charge in [-0.2, -0.15) is 0 Å². The van der Waals surface area contributed by atoms with Crippen LogP contribution in [0.3, 0.4) is 0 Å². The van der Waals surface area contributed by atoms with Crippen LogP contribution in [-0.4, -0.2) is 5.11 Å². The first-order valence-electron chi connectivity index (χ1n) is 5.23. The van der Waals surface area contributed by atoms with Crippen molar-refractivity contribution in [2.75, 3.05) is 0 Å². The Morgan fingerprint density at radius 2 is 2.18 bits per heavy atom. The van der Waals surface area contributed by atoms with Gasteiger partial charge in [0.1, 0.15) is 5.82 Å². The van der Waals surface area contributed by atoms with E-state index in [1.54, 1.807) is 17.4 Å². The van der Waals surface area contributed by atoms with E-state index in [-0.39, 0.29) is 5.82 Å². The zero-order valence-electron chi connectivity index (χ0n) is 9.28. The number of hydrogen-bond acceptors (Lipinski definition) is 2. The molecule has 0 spiro atoms. The van der Waals surface area contributed by atoms with Gasteiger partial charge in [-0.3, -0.25) is 0 Å². The van der Waals surface area contributed by atoms with Crippen LogP contribution >= 0.6 is 33.9 Å². The molecule has 4 heteroatoms. The van der Waals surface area contributed by atoms with Crippen molar-refractivity contribution < 1.29 is 9.50 Å². The number of aryl methyl sites for hydroxylation is 1. The van der Waals surface area contributed by atoms with Crippen LogP contribution in [0.4, 0.5) is 4.39 Å². The molecule has 0 fully saturated rings. The van der Waals surface area contributed by atoms with Crippen molar-refractivity contribution in [3.63, 3.8) is 0 Å². The molecule has 1 unspecified atom stereocenters. The Labute approximate surface area is 117 Å². The van der Waals surface area contributed by atoms with Crippen LogP contribution in [-0.2, 0) is 6.42 Å². The van der Waals surface area contributed by atoms with E-state index in [9.17, 15) is 9.50 Å². The largest absolute Gasteiger partial charge is 0.388 e. The summed E-state index contributed by atoms with van der Waals surface area (Å²) < 4.78 is 14.1. The first kappa shape index (κ1) is 13.0. The summed E-state index contributed by atoms with van der Waals surface area (Å²) in [6, 6.07) is 6.66. The summed E-state index contributed by atoms with van der Waals surface area (Å²) in [4.78, 5) is 0. The molecule has 0 aliphatic heterocycles. The SMILES string of the molecule is Cc1cc(F)ccc1CC(O)c1csc(I)c1. The quantitative estimate of drug-likeness (QED) is 0.816. The molecule has 0 amide bonds. The third-order valence-corrected chi connectivity index (χ3v) is 4.50. The van der Waals surface area contributed by atoms with Gasteiger partial charge in [-0.15, -0.1) is 11.3 Å². The van der Waals surface area contributed by atoms with Gasteiger partial charge in [0.05, 0.1) is 8.99 Å². The van der Waals surface area contributed by atoms with Gasteiger partial charge in [-0.05, 0) is 69.8 Å². The molecule has 0 saturated carbocycles. The van der Waals surface area contributed by atoms with Gasteiger partial charge >= 0.3 is 0 Å². The predicted octanol–water partition coefficient (Wildman–Crippen LogP) is 4.08. The fraction of sp³-hybridized carbons (Fsp3) is 0.231. The summed E-state index contributed by atoms with van der Waals surface area (Å²) in [5.41, 5.74) is 2.80. The van der Waals surface area contributed by atoms with Gasteiger partial charge in [-0.25, -0.2) is 4.39 Å². The molecule has 1 nitrogen and oxygen atoms in total. The van der Waals surface area contributed by atoms with Crippen LogP contribution < -0.4 is 0 Å². The molecule has 0 bridgehead atoms. The molecule has 1 aromatic carbocycles. The zero-order valence-corrected chi connectivity index (χ0v) is 12.3. The van der Waals surface area contributed by atoms with Crippen LogP contribution in [0.1, 0.15) is 22.8 Å². The Kier molecular flexibility index (Phi) is 4.17. The third-order valence-electron chi connectivity index (χ3n) is 2.69. The molecule has 1 aromatic heterocycles. The number of thiophene rings is 1. The number of hydrogen-bond donors (Lipinski definition) is 1. The molecular formula is C13H12FIOS. The number of aliphatic hydroxyl groups is 1. The third kappa shape index (κ3) is 3.26. The maximum atomic E-state index is 12.9. The van der Waals surface area contributed by atoms with E-state index in [0.717, 1.165) is 19.6 Å². The van der Waals surface area contributed by atoms with E-state index in [1.807, 2.05) is 18.4 Å². The van der Waals surface area contributed by atoms with Crippen LogP contribution in [0.15, 0.2) is 29.6 Å². The minimum Gasteiger partial charge on any atom is -0.388 e. The number of benzene rings is 1. The van der Waals surface area contributed by atoms with E-state index in [0.29, 0.717) is 6.42 Å². The van der Waals surface area contributed by atoms with E-state index in [4.69, 9.17) is 0 Å². The van der Waals surface area contributed by atoms with Gasteiger partial charge in [0.25, 0.3) is 0 Å². The standard InChI is InChI=1S/C13H12FIOS/c1-8-4-11(14)3-2-9(8)5-12(16)10-6-13(15)17-7-10/h2-4,6-7,12,16H,5H2,1H3. The number of halogens is 2. The lowest BCUT2D eigenvalue weighted by atomic mass is 10.00. The highest BCUT2D eigenvalue weighted by Gasteiger charge is 2.12. The predicted molar refractivity (Wildman–Crippen MR) is 76.8 cm³/mol. The zero-order chi connectivity index (χ0) is 12.4. The van der Waals surface area contributed by atoms with Crippen LogP contribution in [0.25, 0.3) is 0 Å². The molecule has 0 saturated heterocycles. The Morgan fingerprint density at radius 1 is 1.41 bits per heavy atom. The van der Waals surface area contributed by atoms with Gasteiger partial charge in [0.2, 0.25) is 0 Å². The van der Waals surface area contributed by atoms with Crippen molar-refractivity contribution in [3.05, 3.63) is 55.0 Å². The second-order valence-electron chi connectivity index (χ2n) is 3.97. The van der Waals surface area contributed by atoms with E-state index >= 15 is 0 Å². The molecular weight excluding hydrogens is 350 g/mol. The van der Waals surface area contributed by atoms with Crippen molar-refractivity contribution in [3.8, 4) is 0 Å². The lowest BCUT2D eigenvalue weighted by Gasteiger charge is -2.11. The minimum absolute atomic E-state index is 0.231. The van der Waals surface area contributed by atoms with Gasteiger partial charge < -0.3 is 5.11 Å². The highest BCUT2D eigenvalue weighted by molar-refractivity contribution is 14.1. The van der Waals surface area contributed by atoms with Crippen molar-refractivity contribution in [1.82, 2.24) is 0 Å². The molecule has 0 aliphatic carbocycles. The minimum atomic E-state index is -0.515. The molecule has 0 radical (unpaired) electrons. The van der Waals surface area contributed by atoms with Crippen LogP contribution in [0, 0.1) is 15.6 Å². The summed E-state index contributed by atoms with van der Waals surface area (Å²) in [5.74, 6) is -0.231. The maximum Gasteiger partial charge on any atom is 0.123 e. The molecule has 1 heterocycles. The Balaban J connectivity index is 2.15. The van der Waals surface area contributed by atoms with Crippen molar-refractivity contribution in [1.29, 1.82) is 0 Å². The van der Waals surface area contributed by atoms with Gasteiger partial charge in [0.15, 0.2) is 0 Å². The molecule has 1 N–H and O–H groups in total. The van der Waals surface area contributed by atoms with E-state index < -0.39 is 6.10 Å². The Morgan fingerprint density at radius 3 is 2.76 bits per heavy atom. The monoisotopic (exact) mass is 362 g/mol. The van der Waals surface area contributed by atoms with E-state index in [2.05, 4.69) is 22.6 Å².